The summed E-state index contributed by atoms with van der Waals surface area (Å²) >= 11 is 0. The highest BCUT2D eigenvalue weighted by Gasteiger charge is 2.17. The number of hydrogen-bond donors (Lipinski definition) is 0. The van der Waals surface area contributed by atoms with Crippen LogP contribution in [0.3, 0.4) is 0 Å². The second-order valence-electron chi connectivity index (χ2n) is 5.29. The van der Waals surface area contributed by atoms with Crippen LogP contribution in [0, 0.1) is 6.92 Å². The van der Waals surface area contributed by atoms with Crippen LogP contribution in [0.4, 0.5) is 0 Å². The highest BCUT2D eigenvalue weighted by atomic mass is 16.3. The minimum atomic E-state index is 0.808. The van der Waals surface area contributed by atoms with Crippen LogP contribution < -0.4 is 0 Å². The average Bonchev–Trinajstić information content (AvgIpc) is 3.07. The molecule has 0 unspecified atom stereocenters. The van der Waals surface area contributed by atoms with Gasteiger partial charge < -0.3 is 8.83 Å². The van der Waals surface area contributed by atoms with Crippen molar-refractivity contribution in [3.63, 3.8) is 0 Å². The van der Waals surface area contributed by atoms with Crippen molar-refractivity contribution in [3.8, 4) is 0 Å². The van der Waals surface area contributed by atoms with Crippen molar-refractivity contribution < 1.29 is 8.83 Å². The van der Waals surface area contributed by atoms with Gasteiger partial charge in [-0.05, 0) is 31.2 Å². The van der Waals surface area contributed by atoms with Crippen molar-refractivity contribution in [2.24, 2.45) is 0 Å². The summed E-state index contributed by atoms with van der Waals surface area (Å²) in [6.07, 6.45) is 0. The molecule has 3 heteroatoms. The maximum Gasteiger partial charge on any atom is 0.160 e. The molecule has 0 saturated heterocycles. The molecular formula is C18H11NO2. The van der Waals surface area contributed by atoms with Gasteiger partial charge in [0.1, 0.15) is 22.2 Å². The SMILES string of the molecule is Cc1c2oc3ccccc3c2nc2c1oc1ccccc12. The lowest BCUT2D eigenvalue weighted by Crippen LogP contribution is -1.81. The third-order valence-corrected chi connectivity index (χ3v) is 4.04. The fourth-order valence-corrected chi connectivity index (χ4v) is 3.01. The van der Waals surface area contributed by atoms with E-state index in [-0.39, 0.29) is 0 Å². The van der Waals surface area contributed by atoms with Gasteiger partial charge >= 0.3 is 0 Å². The number of para-hydroxylation sites is 2. The van der Waals surface area contributed by atoms with E-state index >= 15 is 0 Å². The van der Waals surface area contributed by atoms with Gasteiger partial charge in [0, 0.05) is 16.3 Å². The lowest BCUT2D eigenvalue weighted by Gasteiger charge is -1.96. The summed E-state index contributed by atoms with van der Waals surface area (Å²) in [4.78, 5) is 4.83. The van der Waals surface area contributed by atoms with E-state index in [0.717, 1.165) is 49.7 Å². The van der Waals surface area contributed by atoms with E-state index in [4.69, 9.17) is 13.8 Å². The zero-order valence-electron chi connectivity index (χ0n) is 11.4. The number of nitrogens with zero attached hydrogens (tertiary/aromatic N) is 1. The molecule has 0 N–H and O–H groups in total. The van der Waals surface area contributed by atoms with Gasteiger partial charge in [-0.1, -0.05) is 24.3 Å². The first-order chi connectivity index (χ1) is 10.3. The molecule has 0 aliphatic heterocycles. The van der Waals surface area contributed by atoms with E-state index in [1.165, 1.54) is 0 Å². The molecule has 0 radical (unpaired) electrons. The van der Waals surface area contributed by atoms with Crippen LogP contribution in [-0.4, -0.2) is 4.98 Å². The largest absolute Gasteiger partial charge is 0.454 e. The molecule has 3 aromatic heterocycles. The fraction of sp³-hybridized carbons (Fsp3) is 0.0556. The van der Waals surface area contributed by atoms with E-state index < -0.39 is 0 Å². The average molecular weight is 273 g/mol. The normalized spacial score (nSPS) is 12.0. The predicted octanol–water partition coefficient (Wildman–Crippen LogP) is 5.19. The molecule has 0 saturated carbocycles. The Morgan fingerprint density at radius 1 is 0.714 bits per heavy atom. The van der Waals surface area contributed by atoms with Crippen molar-refractivity contribution in [2.45, 2.75) is 6.92 Å². The molecule has 5 aromatic rings. The van der Waals surface area contributed by atoms with Crippen LogP contribution >= 0.6 is 0 Å². The molecular weight excluding hydrogens is 262 g/mol. The Bertz CT molecular complexity index is 1060. The smallest absolute Gasteiger partial charge is 0.160 e. The number of aromatic nitrogens is 1. The van der Waals surface area contributed by atoms with Gasteiger partial charge in [0.05, 0.1) is 0 Å². The van der Waals surface area contributed by atoms with Crippen LogP contribution in [-0.2, 0) is 0 Å². The van der Waals surface area contributed by atoms with Gasteiger partial charge in [0.2, 0.25) is 0 Å². The van der Waals surface area contributed by atoms with Crippen LogP contribution in [0.1, 0.15) is 5.56 Å². The van der Waals surface area contributed by atoms with Crippen LogP contribution in [0.5, 0.6) is 0 Å². The Labute approximate surface area is 119 Å². The molecule has 100 valence electrons. The Hall–Kier alpha value is -2.81. The number of furan rings is 2. The van der Waals surface area contributed by atoms with Gasteiger partial charge in [0.15, 0.2) is 11.2 Å². The topological polar surface area (TPSA) is 39.2 Å². The third kappa shape index (κ3) is 1.30. The second kappa shape index (κ2) is 3.64. The summed E-state index contributed by atoms with van der Waals surface area (Å²) in [5, 5.41) is 2.09. The van der Waals surface area contributed by atoms with Gasteiger partial charge in [-0.3, -0.25) is 0 Å². The van der Waals surface area contributed by atoms with Crippen molar-refractivity contribution >= 4 is 44.1 Å². The molecule has 0 atom stereocenters. The van der Waals surface area contributed by atoms with Crippen LogP contribution in [0.25, 0.3) is 44.1 Å². The zero-order valence-corrected chi connectivity index (χ0v) is 11.4. The first kappa shape index (κ1) is 10.9. The van der Waals surface area contributed by atoms with E-state index in [2.05, 4.69) is 0 Å². The molecule has 5 rings (SSSR count). The molecule has 0 spiro atoms. The first-order valence-electron chi connectivity index (χ1n) is 6.92. The van der Waals surface area contributed by atoms with Gasteiger partial charge in [0.25, 0.3) is 0 Å². The Kier molecular flexibility index (Phi) is 1.89. The molecule has 3 heterocycles. The molecule has 0 aliphatic carbocycles. The molecule has 2 aromatic carbocycles. The van der Waals surface area contributed by atoms with Crippen molar-refractivity contribution in [3.05, 3.63) is 54.1 Å². The maximum atomic E-state index is 5.96. The first-order valence-corrected chi connectivity index (χ1v) is 6.92. The van der Waals surface area contributed by atoms with Gasteiger partial charge in [-0.15, -0.1) is 0 Å². The summed E-state index contributed by atoms with van der Waals surface area (Å²) in [6.45, 7) is 2.02. The second-order valence-corrected chi connectivity index (χ2v) is 5.29. The van der Waals surface area contributed by atoms with Gasteiger partial charge in [-0.2, -0.15) is 0 Å². The summed E-state index contributed by atoms with van der Waals surface area (Å²) < 4.78 is 11.9. The highest BCUT2D eigenvalue weighted by Crippen LogP contribution is 2.36. The van der Waals surface area contributed by atoms with E-state index in [9.17, 15) is 0 Å². The molecule has 21 heavy (non-hydrogen) atoms. The molecule has 0 fully saturated rings. The Morgan fingerprint density at radius 3 is 1.71 bits per heavy atom. The molecule has 0 amide bonds. The predicted molar refractivity (Wildman–Crippen MR) is 83.5 cm³/mol. The summed E-state index contributed by atoms with van der Waals surface area (Å²) in [6, 6.07) is 16.0. The maximum absolute atomic E-state index is 5.96. The highest BCUT2D eigenvalue weighted by molar-refractivity contribution is 6.12. The third-order valence-electron chi connectivity index (χ3n) is 4.04. The molecule has 3 nitrogen and oxygen atoms in total. The monoisotopic (exact) mass is 273 g/mol. The van der Waals surface area contributed by atoms with Crippen molar-refractivity contribution in [1.82, 2.24) is 4.98 Å². The van der Waals surface area contributed by atoms with Crippen molar-refractivity contribution in [2.75, 3.05) is 0 Å². The molecule has 0 bridgehead atoms. The molecule has 0 aliphatic rings. The van der Waals surface area contributed by atoms with Crippen LogP contribution in [0.2, 0.25) is 0 Å². The number of pyridine rings is 1. The number of rotatable bonds is 0. The van der Waals surface area contributed by atoms with Gasteiger partial charge in [-0.25, -0.2) is 4.98 Å². The number of benzene rings is 2. The summed E-state index contributed by atoms with van der Waals surface area (Å²) in [7, 11) is 0. The Morgan fingerprint density at radius 2 is 1.19 bits per heavy atom. The number of aryl methyl sites for hydroxylation is 1. The Balaban J connectivity index is 2.11. The fourth-order valence-electron chi connectivity index (χ4n) is 3.01. The van der Waals surface area contributed by atoms with E-state index in [1.807, 2.05) is 55.5 Å². The quantitative estimate of drug-likeness (QED) is 0.390. The van der Waals surface area contributed by atoms with E-state index in [0.29, 0.717) is 0 Å². The minimum absolute atomic E-state index is 0.808. The number of fused-ring (bicyclic) bond motifs is 6. The standard InChI is InChI=1S/C18H11NO2/c1-10-17-15(11-6-2-4-8-13(11)20-17)19-16-12-7-3-5-9-14(12)21-18(10)16/h2-9H,1H3. The summed E-state index contributed by atoms with van der Waals surface area (Å²) in [5.74, 6) is 0. The van der Waals surface area contributed by atoms with Crippen LogP contribution in [0.15, 0.2) is 57.4 Å². The van der Waals surface area contributed by atoms with Crippen molar-refractivity contribution in [1.29, 1.82) is 0 Å². The minimum Gasteiger partial charge on any atom is -0.454 e. The summed E-state index contributed by atoms with van der Waals surface area (Å²) in [5.41, 5.74) is 6.15. The number of hydrogen-bond acceptors (Lipinski definition) is 3. The lowest BCUT2D eigenvalue weighted by atomic mass is 10.1. The van der Waals surface area contributed by atoms with E-state index in [1.54, 1.807) is 0 Å². The zero-order chi connectivity index (χ0) is 14.0. The lowest BCUT2D eigenvalue weighted by molar-refractivity contribution is 0.649.